The van der Waals surface area contributed by atoms with E-state index >= 15 is 0 Å². The van der Waals surface area contributed by atoms with Gasteiger partial charge in [0.05, 0.1) is 11.0 Å². The van der Waals surface area contributed by atoms with Crippen LogP contribution >= 0.6 is 0 Å². The van der Waals surface area contributed by atoms with Crippen molar-refractivity contribution in [2.45, 2.75) is 46.1 Å². The van der Waals surface area contributed by atoms with Crippen molar-refractivity contribution in [1.29, 1.82) is 0 Å². The molecule has 0 aliphatic rings. The predicted octanol–water partition coefficient (Wildman–Crippen LogP) is 4.08. The summed E-state index contributed by atoms with van der Waals surface area (Å²) in [6.07, 6.45) is 2.54. The molecule has 0 fully saturated rings. The van der Waals surface area contributed by atoms with Crippen molar-refractivity contribution >= 4 is 22.7 Å². The molecular formula is C23H27N3O2. The second kappa shape index (κ2) is 9.31. The van der Waals surface area contributed by atoms with E-state index in [0.29, 0.717) is 18.7 Å². The summed E-state index contributed by atoms with van der Waals surface area (Å²) in [6, 6.07) is 15.7. The van der Waals surface area contributed by atoms with E-state index in [4.69, 9.17) is 0 Å². The Bertz CT molecular complexity index is 958. The number of para-hydroxylation sites is 2. The molecule has 3 aromatic rings. The van der Waals surface area contributed by atoms with Crippen molar-refractivity contribution in [3.05, 3.63) is 65.5 Å². The van der Waals surface area contributed by atoms with Crippen LogP contribution in [-0.4, -0.2) is 27.8 Å². The minimum Gasteiger partial charge on any atom is -0.354 e. The monoisotopic (exact) mass is 377 g/mol. The molecule has 28 heavy (non-hydrogen) atoms. The van der Waals surface area contributed by atoms with Gasteiger partial charge in [0.15, 0.2) is 5.78 Å². The van der Waals surface area contributed by atoms with Gasteiger partial charge in [-0.25, -0.2) is 4.98 Å². The number of carbonyl (C=O) groups excluding carboxylic acids is 2. The summed E-state index contributed by atoms with van der Waals surface area (Å²) in [7, 11) is 0. The standard InChI is InChI=1S/C23H27N3O2/c1-3-6-18-9-11-19(12-10-18)22(27)13-14-23(28)24-15-16-26-17(2)25-20-7-4-5-8-21(20)26/h4-5,7-12H,3,6,13-16H2,1-2H3,(H,24,28). The van der Waals surface area contributed by atoms with E-state index < -0.39 is 0 Å². The summed E-state index contributed by atoms with van der Waals surface area (Å²) < 4.78 is 2.10. The van der Waals surface area contributed by atoms with E-state index in [9.17, 15) is 9.59 Å². The fourth-order valence-corrected chi connectivity index (χ4v) is 3.39. The third-order valence-corrected chi connectivity index (χ3v) is 4.90. The lowest BCUT2D eigenvalue weighted by molar-refractivity contribution is -0.121. The number of benzene rings is 2. The van der Waals surface area contributed by atoms with Gasteiger partial charge in [0.2, 0.25) is 5.91 Å². The third-order valence-electron chi connectivity index (χ3n) is 4.90. The van der Waals surface area contributed by atoms with Crippen LogP contribution in [0.5, 0.6) is 0 Å². The van der Waals surface area contributed by atoms with Gasteiger partial charge in [-0.15, -0.1) is 0 Å². The molecule has 0 saturated heterocycles. The predicted molar refractivity (Wildman–Crippen MR) is 111 cm³/mol. The zero-order chi connectivity index (χ0) is 19.9. The second-order valence-corrected chi connectivity index (χ2v) is 7.02. The lowest BCUT2D eigenvalue weighted by atomic mass is 10.0. The van der Waals surface area contributed by atoms with E-state index in [-0.39, 0.29) is 24.5 Å². The number of Topliss-reactive ketones (excluding diaryl/α,β-unsaturated/α-hetero) is 1. The number of imidazole rings is 1. The highest BCUT2D eigenvalue weighted by atomic mass is 16.2. The fourth-order valence-electron chi connectivity index (χ4n) is 3.39. The molecule has 0 aliphatic carbocycles. The lowest BCUT2D eigenvalue weighted by Crippen LogP contribution is -2.27. The molecule has 3 rings (SSSR count). The Labute approximate surface area is 165 Å². The Hall–Kier alpha value is -2.95. The molecule has 2 aromatic carbocycles. The number of nitrogens with zero attached hydrogens (tertiary/aromatic N) is 2. The molecule has 0 spiro atoms. The summed E-state index contributed by atoms with van der Waals surface area (Å²) in [5, 5.41) is 2.91. The molecule has 0 aliphatic heterocycles. The number of hydrogen-bond donors (Lipinski definition) is 1. The number of aromatic nitrogens is 2. The Morgan fingerprint density at radius 3 is 2.54 bits per heavy atom. The van der Waals surface area contributed by atoms with Gasteiger partial charge in [0.25, 0.3) is 0 Å². The molecule has 0 atom stereocenters. The maximum Gasteiger partial charge on any atom is 0.220 e. The Kier molecular flexibility index (Phi) is 6.58. The van der Waals surface area contributed by atoms with Crippen LogP contribution in [0.1, 0.15) is 47.9 Å². The number of fused-ring (bicyclic) bond motifs is 1. The van der Waals surface area contributed by atoms with Crippen LogP contribution in [0.3, 0.4) is 0 Å². The van der Waals surface area contributed by atoms with E-state index in [1.54, 1.807) is 0 Å². The van der Waals surface area contributed by atoms with Gasteiger partial charge in [-0.2, -0.15) is 0 Å². The number of hydrogen-bond acceptors (Lipinski definition) is 3. The largest absolute Gasteiger partial charge is 0.354 e. The SMILES string of the molecule is CCCc1ccc(C(=O)CCC(=O)NCCn2c(C)nc3ccccc32)cc1. The van der Waals surface area contributed by atoms with Crippen molar-refractivity contribution in [3.63, 3.8) is 0 Å². The molecule has 0 bridgehead atoms. The number of rotatable bonds is 9. The average molecular weight is 377 g/mol. The molecule has 1 aromatic heterocycles. The maximum absolute atomic E-state index is 12.3. The zero-order valence-electron chi connectivity index (χ0n) is 16.6. The minimum atomic E-state index is -0.0990. The molecule has 0 saturated carbocycles. The lowest BCUT2D eigenvalue weighted by Gasteiger charge is -2.09. The molecular weight excluding hydrogens is 350 g/mol. The van der Waals surface area contributed by atoms with Gasteiger partial charge in [0.1, 0.15) is 5.82 Å². The van der Waals surface area contributed by atoms with Gasteiger partial charge in [-0.1, -0.05) is 49.7 Å². The zero-order valence-corrected chi connectivity index (χ0v) is 16.6. The molecule has 0 radical (unpaired) electrons. The summed E-state index contributed by atoms with van der Waals surface area (Å²) >= 11 is 0. The van der Waals surface area contributed by atoms with Crippen LogP contribution in [0.15, 0.2) is 48.5 Å². The third kappa shape index (κ3) is 4.85. The first-order chi connectivity index (χ1) is 13.6. The van der Waals surface area contributed by atoms with E-state index in [1.807, 2.05) is 55.5 Å². The van der Waals surface area contributed by atoms with Crippen LogP contribution < -0.4 is 5.32 Å². The minimum absolute atomic E-state index is 0.00893. The smallest absolute Gasteiger partial charge is 0.220 e. The number of carbonyl (C=O) groups is 2. The molecule has 5 heteroatoms. The Morgan fingerprint density at radius 2 is 1.79 bits per heavy atom. The van der Waals surface area contributed by atoms with Crippen molar-refractivity contribution in [2.75, 3.05) is 6.54 Å². The maximum atomic E-state index is 12.3. The van der Waals surface area contributed by atoms with Gasteiger partial charge in [0, 0.05) is 31.5 Å². The van der Waals surface area contributed by atoms with Gasteiger partial charge in [-0.05, 0) is 31.0 Å². The number of nitrogens with one attached hydrogen (secondary N) is 1. The van der Waals surface area contributed by atoms with Crippen LogP contribution in [0.25, 0.3) is 11.0 Å². The topological polar surface area (TPSA) is 64.0 Å². The Balaban J connectivity index is 1.45. The van der Waals surface area contributed by atoms with E-state index in [2.05, 4.69) is 21.8 Å². The normalized spacial score (nSPS) is 10.9. The molecule has 1 N–H and O–H groups in total. The van der Waals surface area contributed by atoms with Crippen molar-refractivity contribution < 1.29 is 9.59 Å². The summed E-state index contributed by atoms with van der Waals surface area (Å²) in [6.45, 7) is 5.27. The summed E-state index contributed by atoms with van der Waals surface area (Å²) in [4.78, 5) is 28.9. The molecule has 1 amide bonds. The average Bonchev–Trinajstić information content (AvgIpc) is 3.02. The fraction of sp³-hybridized carbons (Fsp3) is 0.348. The van der Waals surface area contributed by atoms with Crippen LogP contribution in [0.4, 0.5) is 0 Å². The van der Waals surface area contributed by atoms with Crippen LogP contribution in [0.2, 0.25) is 0 Å². The highest BCUT2D eigenvalue weighted by Crippen LogP contribution is 2.15. The number of aryl methyl sites for hydroxylation is 2. The first kappa shape index (κ1) is 19.8. The first-order valence-electron chi connectivity index (χ1n) is 9.89. The Morgan fingerprint density at radius 1 is 1.04 bits per heavy atom. The number of ketones is 1. The van der Waals surface area contributed by atoms with Crippen molar-refractivity contribution in [3.8, 4) is 0 Å². The van der Waals surface area contributed by atoms with Gasteiger partial charge >= 0.3 is 0 Å². The first-order valence-corrected chi connectivity index (χ1v) is 9.89. The van der Waals surface area contributed by atoms with E-state index in [0.717, 1.165) is 29.7 Å². The highest BCUT2D eigenvalue weighted by molar-refractivity contribution is 5.97. The van der Waals surface area contributed by atoms with Crippen molar-refractivity contribution in [2.24, 2.45) is 0 Å². The number of amides is 1. The van der Waals surface area contributed by atoms with Gasteiger partial charge in [-0.3, -0.25) is 9.59 Å². The van der Waals surface area contributed by atoms with E-state index in [1.165, 1.54) is 5.56 Å². The highest BCUT2D eigenvalue weighted by Gasteiger charge is 2.10. The molecule has 0 unspecified atom stereocenters. The summed E-state index contributed by atoms with van der Waals surface area (Å²) in [5.74, 6) is 0.838. The van der Waals surface area contributed by atoms with Crippen molar-refractivity contribution in [1.82, 2.24) is 14.9 Å². The quantitative estimate of drug-likeness (QED) is 0.572. The van der Waals surface area contributed by atoms with Gasteiger partial charge < -0.3 is 9.88 Å². The molecule has 5 nitrogen and oxygen atoms in total. The second-order valence-electron chi connectivity index (χ2n) is 7.02. The molecule has 146 valence electrons. The van der Waals surface area contributed by atoms with Crippen LogP contribution in [-0.2, 0) is 17.8 Å². The van der Waals surface area contributed by atoms with Crippen LogP contribution in [0, 0.1) is 6.92 Å². The summed E-state index contributed by atoms with van der Waals surface area (Å²) in [5.41, 5.74) is 3.94. The molecule has 1 heterocycles.